The van der Waals surface area contributed by atoms with Gasteiger partial charge in [0.05, 0.1) is 0 Å². The van der Waals surface area contributed by atoms with E-state index in [1.165, 1.54) is 0 Å². The molecule has 0 unspecified atom stereocenters. The van der Waals surface area contributed by atoms with E-state index in [1.54, 1.807) is 45.6 Å². The predicted octanol–water partition coefficient (Wildman–Crippen LogP) is 3.13. The Hall–Kier alpha value is -2.62. The first kappa shape index (κ1) is 23.1. The highest BCUT2D eigenvalue weighted by Crippen LogP contribution is 2.28. The Morgan fingerprint density at radius 3 is 2.45 bits per heavy atom. The van der Waals surface area contributed by atoms with Gasteiger partial charge in [0.15, 0.2) is 0 Å². The third-order valence-electron chi connectivity index (χ3n) is 5.04. The molecule has 0 aliphatic carbocycles. The molecule has 1 fully saturated rings. The number of thioether (sulfide) groups is 1. The molecule has 0 bridgehead atoms. The van der Waals surface area contributed by atoms with Gasteiger partial charge in [-0.05, 0) is 59.4 Å². The lowest BCUT2D eigenvalue weighted by molar-refractivity contribution is 0.0949. The standard InChI is InChI=1S/C21H30N6O3S/c1-21(2,3)11-12-22-18(28)15-5-7-16(8-6-15)30-20(29)27-13-9-17(10-14-27)31-19-23-24-25-26(19)4/h5-8,17H,9-14H2,1-4H3,(H,22,28). The maximum atomic E-state index is 12.5. The van der Waals surface area contributed by atoms with Gasteiger partial charge in [-0.2, -0.15) is 0 Å². The number of carbonyl (C=O) groups excluding carboxylic acids is 2. The van der Waals surface area contributed by atoms with Crippen LogP contribution in [0.2, 0.25) is 0 Å². The Labute approximate surface area is 186 Å². The van der Waals surface area contributed by atoms with Crippen molar-refractivity contribution in [2.45, 2.75) is 50.4 Å². The van der Waals surface area contributed by atoms with Gasteiger partial charge in [-0.15, -0.1) is 5.10 Å². The maximum Gasteiger partial charge on any atom is 0.415 e. The summed E-state index contributed by atoms with van der Waals surface area (Å²) in [5, 5.41) is 15.6. The number of likely N-dealkylation sites (tertiary alicyclic amines) is 1. The van der Waals surface area contributed by atoms with Crippen molar-refractivity contribution in [3.05, 3.63) is 29.8 Å². The van der Waals surface area contributed by atoms with Crippen molar-refractivity contribution in [3.8, 4) is 5.75 Å². The zero-order chi connectivity index (χ0) is 22.4. The number of amides is 2. The number of carbonyl (C=O) groups is 2. The Bertz CT molecular complexity index is 885. The number of rotatable bonds is 6. The van der Waals surface area contributed by atoms with Crippen LogP contribution in [0.1, 0.15) is 50.4 Å². The fourth-order valence-electron chi connectivity index (χ4n) is 3.12. The number of piperidine rings is 1. The summed E-state index contributed by atoms with van der Waals surface area (Å²) in [7, 11) is 1.82. The maximum absolute atomic E-state index is 12.5. The van der Waals surface area contributed by atoms with Crippen molar-refractivity contribution < 1.29 is 14.3 Å². The van der Waals surface area contributed by atoms with Crippen LogP contribution in [0.25, 0.3) is 0 Å². The first-order chi connectivity index (χ1) is 14.7. The second-order valence-corrected chi connectivity index (χ2v) is 10.1. The molecule has 3 rings (SSSR count). The molecule has 168 valence electrons. The number of hydrogen-bond donors (Lipinski definition) is 1. The minimum atomic E-state index is -0.369. The van der Waals surface area contributed by atoms with E-state index in [0.717, 1.165) is 24.4 Å². The van der Waals surface area contributed by atoms with Gasteiger partial charge in [0.25, 0.3) is 5.91 Å². The van der Waals surface area contributed by atoms with Crippen LogP contribution in [0.4, 0.5) is 4.79 Å². The van der Waals surface area contributed by atoms with Crippen molar-refractivity contribution >= 4 is 23.8 Å². The van der Waals surface area contributed by atoms with Crippen LogP contribution in [0.15, 0.2) is 29.4 Å². The van der Waals surface area contributed by atoms with Gasteiger partial charge in [-0.25, -0.2) is 9.48 Å². The molecule has 1 aromatic carbocycles. The van der Waals surface area contributed by atoms with Gasteiger partial charge in [0.1, 0.15) is 5.75 Å². The topological polar surface area (TPSA) is 102 Å². The van der Waals surface area contributed by atoms with Crippen molar-refractivity contribution in [3.63, 3.8) is 0 Å². The van der Waals surface area contributed by atoms with E-state index in [2.05, 4.69) is 41.6 Å². The molecule has 0 spiro atoms. The van der Waals surface area contributed by atoms with E-state index in [1.807, 2.05) is 7.05 Å². The number of aromatic nitrogens is 4. The van der Waals surface area contributed by atoms with Crippen LogP contribution in [-0.4, -0.2) is 62.0 Å². The molecule has 9 nitrogen and oxygen atoms in total. The number of benzene rings is 1. The molecule has 0 saturated carbocycles. The molecule has 10 heteroatoms. The molecule has 0 radical (unpaired) electrons. The van der Waals surface area contributed by atoms with Gasteiger partial charge in [-0.3, -0.25) is 4.79 Å². The molecule has 1 aromatic heterocycles. The average Bonchev–Trinajstić information content (AvgIpc) is 3.12. The lowest BCUT2D eigenvalue weighted by Gasteiger charge is -2.30. The molecular weight excluding hydrogens is 416 g/mol. The molecule has 31 heavy (non-hydrogen) atoms. The summed E-state index contributed by atoms with van der Waals surface area (Å²) in [5.74, 6) is 0.303. The Morgan fingerprint density at radius 2 is 1.87 bits per heavy atom. The second kappa shape index (κ2) is 10.1. The van der Waals surface area contributed by atoms with Crippen LogP contribution >= 0.6 is 11.8 Å². The van der Waals surface area contributed by atoms with Crippen LogP contribution < -0.4 is 10.1 Å². The average molecular weight is 447 g/mol. The number of ether oxygens (including phenoxy) is 1. The van der Waals surface area contributed by atoms with Gasteiger partial charge in [-0.1, -0.05) is 32.5 Å². The molecule has 2 heterocycles. The van der Waals surface area contributed by atoms with Gasteiger partial charge in [0, 0.05) is 37.5 Å². The fourth-order valence-corrected chi connectivity index (χ4v) is 4.14. The van der Waals surface area contributed by atoms with E-state index in [-0.39, 0.29) is 17.4 Å². The molecule has 2 amide bonds. The summed E-state index contributed by atoms with van der Waals surface area (Å²) in [6.45, 7) is 8.28. The van der Waals surface area contributed by atoms with Crippen molar-refractivity contribution in [1.29, 1.82) is 0 Å². The third-order valence-corrected chi connectivity index (χ3v) is 6.40. The summed E-state index contributed by atoms with van der Waals surface area (Å²) in [6.07, 6.45) is 2.23. The van der Waals surface area contributed by atoms with E-state index in [9.17, 15) is 9.59 Å². The lowest BCUT2D eigenvalue weighted by atomic mass is 9.92. The number of nitrogens with one attached hydrogen (secondary N) is 1. The van der Waals surface area contributed by atoms with Gasteiger partial charge >= 0.3 is 6.09 Å². The minimum Gasteiger partial charge on any atom is -0.410 e. The molecule has 1 aliphatic heterocycles. The summed E-state index contributed by atoms with van der Waals surface area (Å²) < 4.78 is 7.14. The fraction of sp³-hybridized carbons (Fsp3) is 0.571. The van der Waals surface area contributed by atoms with Crippen LogP contribution in [-0.2, 0) is 7.05 Å². The first-order valence-electron chi connectivity index (χ1n) is 10.5. The second-order valence-electron chi connectivity index (χ2n) is 8.85. The van der Waals surface area contributed by atoms with Crippen LogP contribution in [0.5, 0.6) is 5.75 Å². The zero-order valence-corrected chi connectivity index (χ0v) is 19.3. The number of nitrogens with zero attached hydrogens (tertiary/aromatic N) is 5. The lowest BCUT2D eigenvalue weighted by Crippen LogP contribution is -2.41. The third kappa shape index (κ3) is 6.95. The minimum absolute atomic E-state index is 0.125. The Balaban J connectivity index is 1.43. The molecule has 1 saturated heterocycles. The highest BCUT2D eigenvalue weighted by Gasteiger charge is 2.26. The van der Waals surface area contributed by atoms with Crippen LogP contribution in [0.3, 0.4) is 0 Å². The van der Waals surface area contributed by atoms with E-state index in [0.29, 0.717) is 36.2 Å². The van der Waals surface area contributed by atoms with Gasteiger partial charge in [0.2, 0.25) is 5.16 Å². The number of tetrazole rings is 1. The largest absolute Gasteiger partial charge is 0.415 e. The predicted molar refractivity (Wildman–Crippen MR) is 118 cm³/mol. The smallest absolute Gasteiger partial charge is 0.410 e. The highest BCUT2D eigenvalue weighted by atomic mass is 32.2. The summed E-state index contributed by atoms with van der Waals surface area (Å²) in [6, 6.07) is 6.65. The van der Waals surface area contributed by atoms with Gasteiger partial charge < -0.3 is 15.0 Å². The normalized spacial score (nSPS) is 15.0. The molecular formula is C21H30N6O3S. The molecule has 0 atom stereocenters. The monoisotopic (exact) mass is 446 g/mol. The highest BCUT2D eigenvalue weighted by molar-refractivity contribution is 7.99. The van der Waals surface area contributed by atoms with E-state index < -0.39 is 0 Å². The Morgan fingerprint density at radius 1 is 1.19 bits per heavy atom. The molecule has 1 N–H and O–H groups in total. The van der Waals surface area contributed by atoms with Crippen molar-refractivity contribution in [1.82, 2.24) is 30.4 Å². The molecule has 2 aromatic rings. The zero-order valence-electron chi connectivity index (χ0n) is 18.5. The van der Waals surface area contributed by atoms with Crippen molar-refractivity contribution in [2.24, 2.45) is 12.5 Å². The summed E-state index contributed by atoms with van der Waals surface area (Å²) in [4.78, 5) is 26.4. The van der Waals surface area contributed by atoms with E-state index in [4.69, 9.17) is 4.74 Å². The SMILES string of the molecule is Cn1nnnc1SC1CCN(C(=O)Oc2ccc(C(=O)NCCC(C)(C)C)cc2)CC1. The van der Waals surface area contributed by atoms with Crippen molar-refractivity contribution in [2.75, 3.05) is 19.6 Å². The van der Waals surface area contributed by atoms with Crippen LogP contribution in [0, 0.1) is 5.41 Å². The Kier molecular flexibility index (Phi) is 7.53. The first-order valence-corrected chi connectivity index (χ1v) is 11.3. The summed E-state index contributed by atoms with van der Waals surface area (Å²) in [5.41, 5.74) is 0.718. The quantitative estimate of drug-likeness (QED) is 0.727. The van der Waals surface area contributed by atoms with E-state index >= 15 is 0 Å². The summed E-state index contributed by atoms with van der Waals surface area (Å²) >= 11 is 1.64. The number of hydrogen-bond acceptors (Lipinski definition) is 7. The number of aryl methyl sites for hydroxylation is 1. The molecule has 1 aliphatic rings.